The van der Waals surface area contributed by atoms with Gasteiger partial charge in [0.25, 0.3) is 0 Å². The lowest BCUT2D eigenvalue weighted by Gasteiger charge is -2.06. The van der Waals surface area contributed by atoms with Gasteiger partial charge in [0, 0.05) is 16.5 Å². The van der Waals surface area contributed by atoms with Crippen molar-refractivity contribution < 1.29 is 9.53 Å². The number of aromatic nitrogens is 1. The van der Waals surface area contributed by atoms with Crippen molar-refractivity contribution in [1.82, 2.24) is 4.98 Å². The van der Waals surface area contributed by atoms with Crippen molar-refractivity contribution in [3.8, 4) is 0 Å². The molecule has 94 valence electrons. The predicted molar refractivity (Wildman–Crippen MR) is 74.2 cm³/mol. The Labute approximate surface area is 111 Å². The zero-order valence-corrected chi connectivity index (χ0v) is 11.5. The van der Waals surface area contributed by atoms with E-state index in [1.165, 1.54) is 10.5 Å². The van der Waals surface area contributed by atoms with Crippen molar-refractivity contribution in [3.05, 3.63) is 35.5 Å². The molecule has 0 saturated carbocycles. The van der Waals surface area contributed by atoms with E-state index < -0.39 is 0 Å². The van der Waals surface area contributed by atoms with Crippen LogP contribution in [0.3, 0.4) is 0 Å². The van der Waals surface area contributed by atoms with E-state index in [0.29, 0.717) is 12.2 Å². The molecule has 0 atom stereocenters. The Morgan fingerprint density at radius 1 is 1.39 bits per heavy atom. The first kappa shape index (κ1) is 12.9. The molecule has 4 heteroatoms. The topological polar surface area (TPSA) is 39.2 Å². The third-order valence-electron chi connectivity index (χ3n) is 2.71. The van der Waals surface area contributed by atoms with Crippen molar-refractivity contribution in [2.75, 3.05) is 12.9 Å². The number of rotatable bonds is 3. The van der Waals surface area contributed by atoms with Crippen LogP contribution in [0.25, 0.3) is 10.9 Å². The summed E-state index contributed by atoms with van der Waals surface area (Å²) >= 11 is 1.70. The minimum Gasteiger partial charge on any atom is -0.462 e. The van der Waals surface area contributed by atoms with Crippen LogP contribution in [-0.2, 0) is 4.74 Å². The fourth-order valence-corrected chi connectivity index (χ4v) is 2.43. The second-order valence-corrected chi connectivity index (χ2v) is 4.81. The molecule has 18 heavy (non-hydrogen) atoms. The summed E-state index contributed by atoms with van der Waals surface area (Å²) in [6.07, 6.45) is 3.61. The van der Waals surface area contributed by atoms with E-state index in [-0.39, 0.29) is 5.97 Å². The van der Waals surface area contributed by atoms with Crippen LogP contribution >= 0.6 is 11.8 Å². The summed E-state index contributed by atoms with van der Waals surface area (Å²) in [6, 6.07) is 5.93. The smallest absolute Gasteiger partial charge is 0.339 e. The standard InChI is InChI=1S/C14H15NO2S/c1-4-17-14(16)11-6-10-5-9(2)13(18-3)7-12(10)15-8-11/h5-8H,4H2,1-3H3. The number of carbonyl (C=O) groups excluding carboxylic acids is 1. The zero-order valence-electron chi connectivity index (χ0n) is 10.7. The number of nitrogens with zero attached hydrogens (tertiary/aromatic N) is 1. The van der Waals surface area contributed by atoms with Gasteiger partial charge in [-0.25, -0.2) is 4.79 Å². The van der Waals surface area contributed by atoms with Gasteiger partial charge in [0.15, 0.2) is 0 Å². The van der Waals surface area contributed by atoms with Gasteiger partial charge in [0.2, 0.25) is 0 Å². The highest BCUT2D eigenvalue weighted by molar-refractivity contribution is 7.98. The average molecular weight is 261 g/mol. The van der Waals surface area contributed by atoms with Gasteiger partial charge in [0.1, 0.15) is 0 Å². The summed E-state index contributed by atoms with van der Waals surface area (Å²) in [5, 5.41) is 0.968. The van der Waals surface area contributed by atoms with E-state index in [2.05, 4.69) is 18.0 Å². The molecule has 0 radical (unpaired) electrons. The van der Waals surface area contributed by atoms with Crippen LogP contribution in [0.15, 0.2) is 29.3 Å². The van der Waals surface area contributed by atoms with Crippen molar-refractivity contribution in [2.24, 2.45) is 0 Å². The van der Waals surface area contributed by atoms with E-state index in [0.717, 1.165) is 10.9 Å². The van der Waals surface area contributed by atoms with Gasteiger partial charge in [-0.2, -0.15) is 0 Å². The van der Waals surface area contributed by atoms with Gasteiger partial charge in [-0.05, 0) is 43.9 Å². The Kier molecular flexibility index (Phi) is 3.87. The second-order valence-electron chi connectivity index (χ2n) is 3.96. The Balaban J connectivity index is 2.49. The molecule has 1 aromatic heterocycles. The van der Waals surface area contributed by atoms with Gasteiger partial charge in [-0.3, -0.25) is 4.98 Å². The molecule has 0 saturated heterocycles. The lowest BCUT2D eigenvalue weighted by molar-refractivity contribution is 0.0526. The number of thioether (sulfide) groups is 1. The number of aryl methyl sites for hydroxylation is 1. The van der Waals surface area contributed by atoms with Crippen molar-refractivity contribution in [2.45, 2.75) is 18.7 Å². The lowest BCUT2D eigenvalue weighted by atomic mass is 10.1. The predicted octanol–water partition coefficient (Wildman–Crippen LogP) is 3.44. The number of ether oxygens (including phenoxy) is 1. The Morgan fingerprint density at radius 2 is 2.17 bits per heavy atom. The van der Waals surface area contributed by atoms with Crippen LogP contribution in [0.2, 0.25) is 0 Å². The molecular weight excluding hydrogens is 246 g/mol. The molecule has 1 heterocycles. The molecule has 0 amide bonds. The summed E-state index contributed by atoms with van der Waals surface area (Å²) in [6.45, 7) is 4.23. The van der Waals surface area contributed by atoms with Gasteiger partial charge in [-0.15, -0.1) is 11.8 Å². The van der Waals surface area contributed by atoms with E-state index in [1.54, 1.807) is 24.9 Å². The second kappa shape index (κ2) is 5.40. The normalized spacial score (nSPS) is 10.6. The quantitative estimate of drug-likeness (QED) is 0.626. The average Bonchev–Trinajstić information content (AvgIpc) is 2.37. The third-order valence-corrected chi connectivity index (χ3v) is 3.59. The third kappa shape index (κ3) is 2.48. The van der Waals surface area contributed by atoms with E-state index in [9.17, 15) is 4.79 Å². The number of hydrogen-bond acceptors (Lipinski definition) is 4. The van der Waals surface area contributed by atoms with Gasteiger partial charge in [0.05, 0.1) is 17.7 Å². The molecule has 0 bridgehead atoms. The fraction of sp³-hybridized carbons (Fsp3) is 0.286. The molecule has 3 nitrogen and oxygen atoms in total. The van der Waals surface area contributed by atoms with Crippen molar-refractivity contribution in [3.63, 3.8) is 0 Å². The highest BCUT2D eigenvalue weighted by atomic mass is 32.2. The van der Waals surface area contributed by atoms with Crippen LogP contribution in [-0.4, -0.2) is 23.8 Å². The number of carbonyl (C=O) groups is 1. The summed E-state index contributed by atoms with van der Waals surface area (Å²) in [5.74, 6) is -0.321. The van der Waals surface area contributed by atoms with E-state index in [4.69, 9.17) is 4.74 Å². The Hall–Kier alpha value is -1.55. The highest BCUT2D eigenvalue weighted by Gasteiger charge is 2.09. The maximum atomic E-state index is 11.6. The largest absolute Gasteiger partial charge is 0.462 e. The molecule has 0 fully saturated rings. The van der Waals surface area contributed by atoms with Crippen molar-refractivity contribution in [1.29, 1.82) is 0 Å². The van der Waals surface area contributed by atoms with Crippen LogP contribution in [0.1, 0.15) is 22.8 Å². The molecule has 0 aliphatic heterocycles. The SMILES string of the molecule is CCOC(=O)c1cnc2cc(SC)c(C)cc2c1. The molecule has 2 rings (SSSR count). The monoisotopic (exact) mass is 261 g/mol. The zero-order chi connectivity index (χ0) is 13.1. The summed E-state index contributed by atoms with van der Waals surface area (Å²) in [4.78, 5) is 17.2. The number of fused-ring (bicyclic) bond motifs is 1. The molecule has 0 aliphatic carbocycles. The molecule has 0 aliphatic rings. The van der Waals surface area contributed by atoms with Crippen LogP contribution in [0.5, 0.6) is 0 Å². The maximum Gasteiger partial charge on any atom is 0.339 e. The first-order valence-electron chi connectivity index (χ1n) is 5.77. The molecule has 0 unspecified atom stereocenters. The Bertz CT molecular complexity index is 596. The van der Waals surface area contributed by atoms with Gasteiger partial charge >= 0.3 is 5.97 Å². The summed E-state index contributed by atoms with van der Waals surface area (Å²) in [5.41, 5.74) is 2.59. The van der Waals surface area contributed by atoms with E-state index in [1.807, 2.05) is 18.4 Å². The maximum absolute atomic E-state index is 11.6. The minimum atomic E-state index is -0.321. The number of hydrogen-bond donors (Lipinski definition) is 0. The van der Waals surface area contributed by atoms with Gasteiger partial charge < -0.3 is 4.74 Å². The van der Waals surface area contributed by atoms with Gasteiger partial charge in [-0.1, -0.05) is 0 Å². The first-order chi connectivity index (χ1) is 8.65. The molecule has 2 aromatic rings. The number of benzene rings is 1. The van der Waals surface area contributed by atoms with E-state index >= 15 is 0 Å². The number of esters is 1. The fourth-order valence-electron chi connectivity index (χ4n) is 1.82. The van der Waals surface area contributed by atoms with Crippen LogP contribution in [0, 0.1) is 6.92 Å². The molecule has 0 spiro atoms. The van der Waals surface area contributed by atoms with Crippen LogP contribution in [0.4, 0.5) is 0 Å². The first-order valence-corrected chi connectivity index (χ1v) is 6.99. The van der Waals surface area contributed by atoms with Crippen LogP contribution < -0.4 is 0 Å². The Morgan fingerprint density at radius 3 is 2.83 bits per heavy atom. The summed E-state index contributed by atoms with van der Waals surface area (Å²) < 4.78 is 4.97. The molecule has 0 N–H and O–H groups in total. The molecule has 1 aromatic carbocycles. The number of pyridine rings is 1. The summed E-state index contributed by atoms with van der Waals surface area (Å²) in [7, 11) is 0. The van der Waals surface area contributed by atoms with Crippen molar-refractivity contribution >= 4 is 28.6 Å². The minimum absolute atomic E-state index is 0.321. The highest BCUT2D eigenvalue weighted by Crippen LogP contribution is 2.25. The lowest BCUT2D eigenvalue weighted by Crippen LogP contribution is -2.05. The molecular formula is C14H15NO2S.